The SMILES string of the molecule is CN=C(NCc1sc(C)nc1C)N1CC2C3CCC(O3)C2C1.I. The Morgan fingerprint density at radius 2 is 1.96 bits per heavy atom. The molecule has 7 heteroatoms. The number of nitrogens with one attached hydrogen (secondary N) is 1. The third-order valence-electron chi connectivity index (χ3n) is 5.37. The van der Waals surface area contributed by atoms with Crippen molar-refractivity contribution in [3.8, 4) is 0 Å². The number of rotatable bonds is 2. The van der Waals surface area contributed by atoms with E-state index in [9.17, 15) is 0 Å². The summed E-state index contributed by atoms with van der Waals surface area (Å²) in [6.07, 6.45) is 3.52. The maximum absolute atomic E-state index is 6.06. The van der Waals surface area contributed by atoms with Crippen LogP contribution in [0.1, 0.15) is 28.4 Å². The Bertz CT molecular complexity index is 587. The van der Waals surface area contributed by atoms with E-state index in [-0.39, 0.29) is 24.0 Å². The van der Waals surface area contributed by atoms with E-state index < -0.39 is 0 Å². The summed E-state index contributed by atoms with van der Waals surface area (Å²) in [4.78, 5) is 12.7. The summed E-state index contributed by atoms with van der Waals surface area (Å²) in [7, 11) is 1.88. The zero-order chi connectivity index (χ0) is 15.3. The molecule has 0 spiro atoms. The molecule has 3 aliphatic heterocycles. The Kier molecular flexibility index (Phi) is 5.18. The molecular formula is C16H25IN4OS. The Hall–Kier alpha value is -0.410. The van der Waals surface area contributed by atoms with Crippen LogP contribution in [0.5, 0.6) is 0 Å². The number of thiazole rings is 1. The first-order valence-corrected chi connectivity index (χ1v) is 9.01. The summed E-state index contributed by atoms with van der Waals surface area (Å²) >= 11 is 1.77. The van der Waals surface area contributed by atoms with Crippen LogP contribution in [-0.4, -0.2) is 48.2 Å². The van der Waals surface area contributed by atoms with Crippen molar-refractivity contribution in [2.75, 3.05) is 20.1 Å². The third-order valence-corrected chi connectivity index (χ3v) is 6.44. The van der Waals surface area contributed by atoms with Gasteiger partial charge in [0.15, 0.2) is 5.96 Å². The van der Waals surface area contributed by atoms with Crippen molar-refractivity contribution < 1.29 is 4.74 Å². The van der Waals surface area contributed by atoms with Crippen molar-refractivity contribution in [2.45, 2.75) is 45.4 Å². The maximum atomic E-state index is 6.06. The first kappa shape index (κ1) is 17.4. The topological polar surface area (TPSA) is 49.8 Å². The quantitative estimate of drug-likeness (QED) is 0.430. The predicted molar refractivity (Wildman–Crippen MR) is 104 cm³/mol. The number of likely N-dealkylation sites (tertiary alicyclic amines) is 1. The van der Waals surface area contributed by atoms with E-state index in [0.717, 1.165) is 36.3 Å². The maximum Gasteiger partial charge on any atom is 0.193 e. The van der Waals surface area contributed by atoms with Crippen LogP contribution in [0.2, 0.25) is 0 Å². The lowest BCUT2D eigenvalue weighted by atomic mass is 9.82. The van der Waals surface area contributed by atoms with Crippen LogP contribution < -0.4 is 5.32 Å². The second kappa shape index (κ2) is 6.84. The molecule has 0 aromatic carbocycles. The van der Waals surface area contributed by atoms with Gasteiger partial charge in [-0.15, -0.1) is 35.3 Å². The van der Waals surface area contributed by atoms with Gasteiger partial charge in [0.05, 0.1) is 29.5 Å². The zero-order valence-electron chi connectivity index (χ0n) is 13.9. The minimum Gasteiger partial charge on any atom is -0.374 e. The molecule has 1 aromatic rings. The number of halogens is 1. The van der Waals surface area contributed by atoms with E-state index in [1.165, 1.54) is 17.7 Å². The summed E-state index contributed by atoms with van der Waals surface area (Å²) in [6, 6.07) is 0. The van der Waals surface area contributed by atoms with Gasteiger partial charge in [-0.25, -0.2) is 4.98 Å². The first-order chi connectivity index (χ1) is 10.7. The number of aliphatic imine (C=N–C) groups is 1. The van der Waals surface area contributed by atoms with E-state index in [4.69, 9.17) is 4.74 Å². The van der Waals surface area contributed by atoms with Crippen molar-refractivity contribution in [2.24, 2.45) is 16.8 Å². The van der Waals surface area contributed by atoms with Crippen molar-refractivity contribution in [3.63, 3.8) is 0 Å². The highest BCUT2D eigenvalue weighted by molar-refractivity contribution is 14.0. The van der Waals surface area contributed by atoms with Crippen molar-refractivity contribution in [1.82, 2.24) is 15.2 Å². The smallest absolute Gasteiger partial charge is 0.193 e. The van der Waals surface area contributed by atoms with Gasteiger partial charge in [-0.1, -0.05) is 0 Å². The van der Waals surface area contributed by atoms with Crippen LogP contribution in [0.4, 0.5) is 0 Å². The van der Waals surface area contributed by atoms with Gasteiger partial charge >= 0.3 is 0 Å². The minimum atomic E-state index is 0. The Morgan fingerprint density at radius 1 is 1.30 bits per heavy atom. The molecule has 128 valence electrons. The summed E-state index contributed by atoms with van der Waals surface area (Å²) in [5.41, 5.74) is 1.13. The number of aromatic nitrogens is 1. The van der Waals surface area contributed by atoms with E-state index in [1.54, 1.807) is 11.3 Å². The monoisotopic (exact) mass is 448 g/mol. The van der Waals surface area contributed by atoms with Gasteiger partial charge in [0.1, 0.15) is 0 Å². The fourth-order valence-electron chi connectivity index (χ4n) is 4.36. The van der Waals surface area contributed by atoms with Crippen LogP contribution in [-0.2, 0) is 11.3 Å². The van der Waals surface area contributed by atoms with E-state index >= 15 is 0 Å². The molecule has 0 saturated carbocycles. The molecule has 1 aromatic heterocycles. The number of guanidine groups is 1. The van der Waals surface area contributed by atoms with Crippen molar-refractivity contribution >= 4 is 41.3 Å². The molecule has 4 atom stereocenters. The number of hydrogen-bond acceptors (Lipinski definition) is 4. The van der Waals surface area contributed by atoms with Gasteiger partial charge in [-0.3, -0.25) is 4.99 Å². The highest BCUT2D eigenvalue weighted by Crippen LogP contribution is 2.47. The molecule has 3 saturated heterocycles. The number of nitrogens with zero attached hydrogens (tertiary/aromatic N) is 3. The summed E-state index contributed by atoms with van der Waals surface area (Å²) in [6.45, 7) is 7.14. The molecule has 3 aliphatic rings. The number of aryl methyl sites for hydroxylation is 2. The van der Waals surface area contributed by atoms with Crippen molar-refractivity contribution in [3.05, 3.63) is 15.6 Å². The second-order valence-electron chi connectivity index (χ2n) is 6.67. The molecule has 4 heterocycles. The molecule has 5 nitrogen and oxygen atoms in total. The normalized spacial score (nSPS) is 32.1. The molecule has 4 unspecified atom stereocenters. The Balaban J connectivity index is 0.00000156. The van der Waals surface area contributed by atoms with Gasteiger partial charge in [0, 0.05) is 36.9 Å². The average Bonchev–Trinajstić information content (AvgIpc) is 3.21. The molecular weight excluding hydrogens is 423 g/mol. The van der Waals surface area contributed by atoms with Gasteiger partial charge in [0.25, 0.3) is 0 Å². The largest absolute Gasteiger partial charge is 0.374 e. The van der Waals surface area contributed by atoms with Crippen LogP contribution in [0.3, 0.4) is 0 Å². The van der Waals surface area contributed by atoms with Crippen LogP contribution in [0, 0.1) is 25.7 Å². The zero-order valence-corrected chi connectivity index (χ0v) is 17.1. The average molecular weight is 448 g/mol. The summed E-state index contributed by atoms with van der Waals surface area (Å²) in [5.74, 6) is 2.45. The molecule has 2 bridgehead atoms. The second-order valence-corrected chi connectivity index (χ2v) is 7.95. The number of hydrogen-bond donors (Lipinski definition) is 1. The lowest BCUT2D eigenvalue weighted by Gasteiger charge is -2.23. The molecule has 1 N–H and O–H groups in total. The van der Waals surface area contributed by atoms with Gasteiger partial charge in [-0.05, 0) is 26.7 Å². The molecule has 23 heavy (non-hydrogen) atoms. The lowest BCUT2D eigenvalue weighted by molar-refractivity contribution is 0.0767. The number of ether oxygens (including phenoxy) is 1. The predicted octanol–water partition coefficient (Wildman–Crippen LogP) is 2.56. The minimum absolute atomic E-state index is 0. The molecule has 0 radical (unpaired) electrons. The highest BCUT2D eigenvalue weighted by Gasteiger charge is 2.53. The fraction of sp³-hybridized carbons (Fsp3) is 0.750. The summed E-state index contributed by atoms with van der Waals surface area (Å²) in [5, 5.41) is 4.66. The van der Waals surface area contributed by atoms with Gasteiger partial charge in [-0.2, -0.15) is 0 Å². The standard InChI is InChI=1S/C16H24N4OS.HI/c1-9-15(22-10(2)19-9)6-18-16(17-3)20-7-11-12(8-20)14-5-4-13(11)21-14;/h11-14H,4-8H2,1-3H3,(H,17,18);1H. The molecule has 0 amide bonds. The molecule has 4 rings (SSSR count). The van der Waals surface area contributed by atoms with Gasteiger partial charge < -0.3 is 15.0 Å². The van der Waals surface area contributed by atoms with E-state index in [1.807, 2.05) is 7.05 Å². The van der Waals surface area contributed by atoms with E-state index in [2.05, 4.69) is 34.0 Å². The number of fused-ring (bicyclic) bond motifs is 5. The van der Waals surface area contributed by atoms with Crippen LogP contribution in [0.15, 0.2) is 4.99 Å². The molecule has 0 aliphatic carbocycles. The van der Waals surface area contributed by atoms with Crippen LogP contribution in [0.25, 0.3) is 0 Å². The Labute approximate surface area is 158 Å². The fourth-order valence-corrected chi connectivity index (χ4v) is 5.24. The third kappa shape index (κ3) is 3.11. The van der Waals surface area contributed by atoms with Crippen LogP contribution >= 0.6 is 35.3 Å². The van der Waals surface area contributed by atoms with E-state index in [0.29, 0.717) is 24.0 Å². The first-order valence-electron chi connectivity index (χ1n) is 8.19. The Morgan fingerprint density at radius 3 is 2.48 bits per heavy atom. The molecule has 3 fully saturated rings. The van der Waals surface area contributed by atoms with Crippen molar-refractivity contribution in [1.29, 1.82) is 0 Å². The lowest BCUT2D eigenvalue weighted by Crippen LogP contribution is -2.40. The summed E-state index contributed by atoms with van der Waals surface area (Å²) < 4.78 is 6.06. The highest BCUT2D eigenvalue weighted by atomic mass is 127. The van der Waals surface area contributed by atoms with Gasteiger partial charge in [0.2, 0.25) is 0 Å².